The van der Waals surface area contributed by atoms with E-state index in [2.05, 4.69) is 33.1 Å². The lowest BCUT2D eigenvalue weighted by molar-refractivity contribution is -0.121. The molecule has 28 heavy (non-hydrogen) atoms. The molecule has 0 unspecified atom stereocenters. The van der Waals surface area contributed by atoms with Gasteiger partial charge in [0.25, 0.3) is 0 Å². The van der Waals surface area contributed by atoms with E-state index in [1.807, 2.05) is 22.9 Å². The second kappa shape index (κ2) is 8.41. The van der Waals surface area contributed by atoms with Crippen molar-refractivity contribution in [2.45, 2.75) is 51.2 Å². The number of hydrogen-bond donors (Lipinski definition) is 2. The summed E-state index contributed by atoms with van der Waals surface area (Å²) in [5.74, 6) is 0.0653. The predicted molar refractivity (Wildman–Crippen MR) is 103 cm³/mol. The van der Waals surface area contributed by atoms with E-state index in [0.29, 0.717) is 45.1 Å². The van der Waals surface area contributed by atoms with E-state index >= 15 is 0 Å². The van der Waals surface area contributed by atoms with Gasteiger partial charge >= 0.3 is 6.03 Å². The summed E-state index contributed by atoms with van der Waals surface area (Å²) < 4.78 is 1.85. The fourth-order valence-electron chi connectivity index (χ4n) is 3.39. The van der Waals surface area contributed by atoms with Gasteiger partial charge in [-0.3, -0.25) is 4.79 Å². The Bertz CT molecular complexity index is 830. The van der Waals surface area contributed by atoms with E-state index in [1.54, 1.807) is 4.90 Å². The third kappa shape index (κ3) is 4.68. The third-order valence-corrected chi connectivity index (χ3v) is 5.19. The quantitative estimate of drug-likeness (QED) is 0.754. The molecule has 1 fully saturated rings. The van der Waals surface area contributed by atoms with Crippen molar-refractivity contribution >= 4 is 11.9 Å². The number of aryl methyl sites for hydroxylation is 1. The zero-order valence-corrected chi connectivity index (χ0v) is 15.9. The summed E-state index contributed by atoms with van der Waals surface area (Å²) in [6, 6.07) is 10.4. The Morgan fingerprint density at radius 1 is 1.11 bits per heavy atom. The lowest BCUT2D eigenvalue weighted by Crippen LogP contribution is -2.45. The molecule has 1 aliphatic heterocycles. The van der Waals surface area contributed by atoms with Gasteiger partial charge in [0.15, 0.2) is 0 Å². The molecule has 0 bridgehead atoms. The van der Waals surface area contributed by atoms with Crippen molar-refractivity contribution in [3.63, 3.8) is 0 Å². The van der Waals surface area contributed by atoms with Crippen LogP contribution in [0.5, 0.6) is 0 Å². The number of amides is 3. The Morgan fingerprint density at radius 2 is 1.93 bits per heavy atom. The number of fused-ring (bicyclic) bond motifs is 1. The highest BCUT2D eigenvalue weighted by Crippen LogP contribution is 2.19. The summed E-state index contributed by atoms with van der Waals surface area (Å²) in [5, 5.41) is 14.4. The fourth-order valence-corrected chi connectivity index (χ4v) is 3.39. The maximum absolute atomic E-state index is 12.5. The molecule has 2 heterocycles. The second-order valence-electron chi connectivity index (χ2n) is 7.44. The van der Waals surface area contributed by atoms with Gasteiger partial charge in [0.1, 0.15) is 0 Å². The first-order valence-electron chi connectivity index (χ1n) is 9.96. The number of hydrogen-bond acceptors (Lipinski definition) is 4. The average Bonchev–Trinajstić information content (AvgIpc) is 3.43. The van der Waals surface area contributed by atoms with E-state index in [4.69, 9.17) is 0 Å². The molecule has 1 saturated carbocycles. The van der Waals surface area contributed by atoms with E-state index in [0.717, 1.165) is 30.7 Å². The van der Waals surface area contributed by atoms with Gasteiger partial charge in [-0.15, -0.1) is 5.10 Å². The molecule has 1 aliphatic carbocycles. The van der Waals surface area contributed by atoms with E-state index < -0.39 is 0 Å². The fraction of sp³-hybridized carbons (Fsp3) is 0.500. The first-order valence-corrected chi connectivity index (χ1v) is 9.96. The number of benzene rings is 1. The number of nitrogens with zero attached hydrogens (tertiary/aromatic N) is 4. The van der Waals surface area contributed by atoms with Crippen LogP contribution in [0.2, 0.25) is 0 Å². The van der Waals surface area contributed by atoms with Crippen molar-refractivity contribution < 1.29 is 9.59 Å². The van der Waals surface area contributed by atoms with E-state index in [1.165, 1.54) is 5.56 Å². The molecule has 1 aromatic carbocycles. The van der Waals surface area contributed by atoms with Crippen LogP contribution in [0.1, 0.15) is 36.2 Å². The summed E-state index contributed by atoms with van der Waals surface area (Å²) in [5.41, 5.74) is 2.95. The van der Waals surface area contributed by atoms with Gasteiger partial charge in [-0.2, -0.15) is 0 Å². The van der Waals surface area contributed by atoms with Crippen LogP contribution in [0.15, 0.2) is 30.3 Å². The summed E-state index contributed by atoms with van der Waals surface area (Å²) in [6.45, 7) is 2.31. The molecular formula is C20H26N6O2. The normalized spacial score (nSPS) is 15.8. The number of nitrogens with one attached hydrogen (secondary N) is 2. The SMILES string of the molecule is O=C(CCc1nnn2c1CN(C(=O)NCCc1ccccc1)CC2)NC1CC1. The minimum absolute atomic E-state index is 0.0653. The zero-order chi connectivity index (χ0) is 19.3. The van der Waals surface area contributed by atoms with Crippen molar-refractivity contribution in [2.24, 2.45) is 0 Å². The van der Waals surface area contributed by atoms with Crippen LogP contribution < -0.4 is 10.6 Å². The lowest BCUT2D eigenvalue weighted by atomic mass is 10.1. The minimum atomic E-state index is -0.0687. The van der Waals surface area contributed by atoms with Crippen molar-refractivity contribution in [3.05, 3.63) is 47.3 Å². The molecule has 0 radical (unpaired) electrons. The van der Waals surface area contributed by atoms with Crippen molar-refractivity contribution in [2.75, 3.05) is 13.1 Å². The number of rotatable bonds is 7. The smallest absolute Gasteiger partial charge is 0.317 e. The van der Waals surface area contributed by atoms with Gasteiger partial charge in [-0.05, 0) is 24.8 Å². The Morgan fingerprint density at radius 3 is 2.71 bits per heavy atom. The zero-order valence-electron chi connectivity index (χ0n) is 15.9. The predicted octanol–water partition coefficient (Wildman–Crippen LogP) is 1.26. The number of aromatic nitrogens is 3. The molecule has 2 N–H and O–H groups in total. The van der Waals surface area contributed by atoms with Crippen LogP contribution in [0, 0.1) is 0 Å². The number of carbonyl (C=O) groups is 2. The number of urea groups is 1. The molecule has 0 saturated heterocycles. The molecule has 3 amide bonds. The van der Waals surface area contributed by atoms with Crippen molar-refractivity contribution in [3.8, 4) is 0 Å². The molecule has 2 aliphatic rings. The summed E-state index contributed by atoms with van der Waals surface area (Å²) in [6.07, 6.45) is 3.94. The molecule has 0 spiro atoms. The van der Waals surface area contributed by atoms with E-state index in [-0.39, 0.29) is 11.9 Å². The first kappa shape index (κ1) is 18.5. The molecule has 2 aromatic rings. The molecule has 148 valence electrons. The average molecular weight is 382 g/mol. The molecule has 8 nitrogen and oxygen atoms in total. The lowest BCUT2D eigenvalue weighted by Gasteiger charge is -2.28. The molecule has 1 aromatic heterocycles. The molecular weight excluding hydrogens is 356 g/mol. The van der Waals surface area contributed by atoms with Crippen molar-refractivity contribution in [1.29, 1.82) is 0 Å². The van der Waals surface area contributed by atoms with Crippen LogP contribution in [0.4, 0.5) is 4.79 Å². The van der Waals surface area contributed by atoms with Crippen LogP contribution in [0.25, 0.3) is 0 Å². The maximum Gasteiger partial charge on any atom is 0.317 e. The minimum Gasteiger partial charge on any atom is -0.353 e. The first-order chi connectivity index (χ1) is 13.7. The van der Waals surface area contributed by atoms with Crippen LogP contribution in [-0.2, 0) is 30.7 Å². The summed E-state index contributed by atoms with van der Waals surface area (Å²) >= 11 is 0. The number of carbonyl (C=O) groups excluding carboxylic acids is 2. The van der Waals surface area contributed by atoms with Gasteiger partial charge < -0.3 is 15.5 Å². The Balaban J connectivity index is 1.27. The third-order valence-electron chi connectivity index (χ3n) is 5.19. The summed E-state index contributed by atoms with van der Waals surface area (Å²) in [7, 11) is 0. The van der Waals surface area contributed by atoms with Gasteiger partial charge in [0, 0.05) is 32.0 Å². The molecule has 8 heteroatoms. The van der Waals surface area contributed by atoms with Gasteiger partial charge in [-0.1, -0.05) is 35.5 Å². The standard InChI is InChI=1S/C20H26N6O2/c27-19(22-16-6-7-16)9-8-17-18-14-25(12-13-26(18)24-23-17)20(28)21-11-10-15-4-2-1-3-5-15/h1-5,16H,6-14H2,(H,21,28)(H,22,27). The van der Waals surface area contributed by atoms with Crippen LogP contribution >= 0.6 is 0 Å². The van der Waals surface area contributed by atoms with Gasteiger partial charge in [-0.25, -0.2) is 9.48 Å². The van der Waals surface area contributed by atoms with E-state index in [9.17, 15) is 9.59 Å². The Hall–Kier alpha value is -2.90. The summed E-state index contributed by atoms with van der Waals surface area (Å²) in [4.78, 5) is 26.2. The highest BCUT2D eigenvalue weighted by Gasteiger charge is 2.26. The topological polar surface area (TPSA) is 92.2 Å². The Labute approximate surface area is 164 Å². The highest BCUT2D eigenvalue weighted by molar-refractivity contribution is 5.77. The van der Waals surface area contributed by atoms with Gasteiger partial charge in [0.2, 0.25) is 5.91 Å². The van der Waals surface area contributed by atoms with Crippen molar-refractivity contribution in [1.82, 2.24) is 30.5 Å². The highest BCUT2D eigenvalue weighted by atomic mass is 16.2. The van der Waals surface area contributed by atoms with Gasteiger partial charge in [0.05, 0.1) is 24.5 Å². The largest absolute Gasteiger partial charge is 0.353 e. The maximum atomic E-state index is 12.5. The van der Waals surface area contributed by atoms with Crippen LogP contribution in [-0.4, -0.2) is 51.0 Å². The monoisotopic (exact) mass is 382 g/mol. The molecule has 4 rings (SSSR count). The Kier molecular flexibility index (Phi) is 5.55. The molecule has 0 atom stereocenters. The second-order valence-corrected chi connectivity index (χ2v) is 7.44. The van der Waals surface area contributed by atoms with Crippen LogP contribution in [0.3, 0.4) is 0 Å².